The molecule has 0 aliphatic rings. The third kappa shape index (κ3) is 1.66. The molecule has 0 amide bonds. The molecule has 0 aliphatic carbocycles. The Morgan fingerprint density at radius 1 is 0.833 bits per heavy atom. The zero-order chi connectivity index (χ0) is 9.14. The largest absolute Gasteiger partial charge is 0.508 e. The molecule has 2 nitrogen and oxygen atoms in total. The average Bonchev–Trinajstić information content (AvgIpc) is 2.04. The molecular weight excluding hydrogens is 152 g/mol. The lowest BCUT2D eigenvalue weighted by molar-refractivity contribution is 0.511. The molecule has 2 N–H and O–H groups in total. The maximum Gasteiger partial charge on any atom is 0.115 e. The van der Waals surface area contributed by atoms with Gasteiger partial charge in [0.15, 0.2) is 0 Å². The van der Waals surface area contributed by atoms with Gasteiger partial charge in [-0.25, -0.2) is 0 Å². The van der Waals surface area contributed by atoms with E-state index in [0.29, 0.717) is 11.1 Å². The summed E-state index contributed by atoms with van der Waals surface area (Å²) in [4.78, 5) is 0. The molecule has 0 fully saturated rings. The number of hydrogen-bond donors (Lipinski definition) is 2. The van der Waals surface area contributed by atoms with Crippen LogP contribution in [0, 0.1) is 0 Å². The second kappa shape index (κ2) is 3.13. The lowest BCUT2D eigenvalue weighted by Gasteiger charge is -2.00. The van der Waals surface area contributed by atoms with Gasteiger partial charge in [0.05, 0.1) is 0 Å². The number of rotatable bonds is 2. The highest BCUT2D eigenvalue weighted by molar-refractivity contribution is 5.61. The van der Waals surface area contributed by atoms with Crippen LogP contribution in [0.5, 0.6) is 0 Å². The first kappa shape index (κ1) is 8.40. The van der Waals surface area contributed by atoms with Gasteiger partial charge in [-0.2, -0.15) is 0 Å². The van der Waals surface area contributed by atoms with Crippen LogP contribution in [-0.2, 0) is 0 Å². The van der Waals surface area contributed by atoms with Gasteiger partial charge in [-0.05, 0) is 0 Å². The lowest BCUT2D eigenvalue weighted by Crippen LogP contribution is -1.83. The Hall–Kier alpha value is -1.70. The molecule has 1 aromatic rings. The van der Waals surface area contributed by atoms with Crippen LogP contribution in [0.25, 0.3) is 11.5 Å². The van der Waals surface area contributed by atoms with Crippen molar-refractivity contribution in [1.82, 2.24) is 0 Å². The first-order valence-electron chi connectivity index (χ1n) is 3.48. The fourth-order valence-electron chi connectivity index (χ4n) is 0.855. The predicted molar refractivity (Wildman–Crippen MR) is 49.8 cm³/mol. The average molecular weight is 162 g/mol. The van der Waals surface area contributed by atoms with Crippen molar-refractivity contribution in [3.05, 3.63) is 48.6 Å². The predicted octanol–water partition coefficient (Wildman–Crippen LogP) is 2.74. The molecule has 0 atom stereocenters. The Balaban J connectivity index is 3.01. The molecule has 0 spiro atoms. The van der Waals surface area contributed by atoms with Gasteiger partial charge >= 0.3 is 0 Å². The van der Waals surface area contributed by atoms with Crippen molar-refractivity contribution in [1.29, 1.82) is 0 Å². The van der Waals surface area contributed by atoms with Gasteiger partial charge in [-0.3, -0.25) is 0 Å². The van der Waals surface area contributed by atoms with Gasteiger partial charge in [-0.1, -0.05) is 37.4 Å². The third-order valence-electron chi connectivity index (χ3n) is 1.55. The molecule has 2 heteroatoms. The molecule has 1 rings (SSSR count). The van der Waals surface area contributed by atoms with Crippen LogP contribution < -0.4 is 0 Å². The summed E-state index contributed by atoms with van der Waals surface area (Å²) in [6, 6.07) is 6.66. The molecule has 0 saturated carbocycles. The number of aliphatic hydroxyl groups is 2. The molecule has 0 heterocycles. The van der Waals surface area contributed by atoms with E-state index in [-0.39, 0.29) is 11.5 Å². The minimum absolute atomic E-state index is 0.0186. The van der Waals surface area contributed by atoms with Crippen LogP contribution in [0.15, 0.2) is 37.4 Å². The number of hydrogen-bond acceptors (Lipinski definition) is 2. The summed E-state index contributed by atoms with van der Waals surface area (Å²) in [6.07, 6.45) is 0. The van der Waals surface area contributed by atoms with E-state index < -0.39 is 0 Å². The zero-order valence-corrected chi connectivity index (χ0v) is 6.62. The van der Waals surface area contributed by atoms with Crippen LogP contribution in [0.4, 0.5) is 0 Å². The van der Waals surface area contributed by atoms with Crippen LogP contribution in [0.3, 0.4) is 0 Å². The van der Waals surface area contributed by atoms with Crippen molar-refractivity contribution in [2.24, 2.45) is 0 Å². The fraction of sp³-hybridized carbons (Fsp3) is 0. The quantitative estimate of drug-likeness (QED) is 0.656. The van der Waals surface area contributed by atoms with E-state index >= 15 is 0 Å². The molecule has 0 aliphatic heterocycles. The van der Waals surface area contributed by atoms with Crippen molar-refractivity contribution in [3.63, 3.8) is 0 Å². The molecule has 12 heavy (non-hydrogen) atoms. The first-order chi connectivity index (χ1) is 5.61. The van der Waals surface area contributed by atoms with Gasteiger partial charge in [0.2, 0.25) is 0 Å². The molecule has 1 aromatic carbocycles. The molecule has 0 unspecified atom stereocenters. The second-order valence-corrected chi connectivity index (χ2v) is 2.47. The first-order valence-corrected chi connectivity index (χ1v) is 3.48. The number of aliphatic hydroxyl groups excluding tert-OH is 2. The van der Waals surface area contributed by atoms with E-state index in [4.69, 9.17) is 10.2 Å². The molecule has 0 saturated heterocycles. The van der Waals surface area contributed by atoms with Gasteiger partial charge in [-0.15, -0.1) is 0 Å². The van der Waals surface area contributed by atoms with Gasteiger partial charge in [0.25, 0.3) is 0 Å². The SMILES string of the molecule is C=C(O)c1ccc(C(=C)O)cc1. The van der Waals surface area contributed by atoms with Gasteiger partial charge < -0.3 is 10.2 Å². The summed E-state index contributed by atoms with van der Waals surface area (Å²) in [6.45, 7) is 6.74. The number of benzene rings is 1. The van der Waals surface area contributed by atoms with E-state index in [1.165, 1.54) is 0 Å². The Bertz CT molecular complexity index is 276. The van der Waals surface area contributed by atoms with Crippen LogP contribution in [0.2, 0.25) is 0 Å². The summed E-state index contributed by atoms with van der Waals surface area (Å²) in [5, 5.41) is 17.9. The summed E-state index contributed by atoms with van der Waals surface area (Å²) in [5.74, 6) is 0.0372. The third-order valence-corrected chi connectivity index (χ3v) is 1.55. The minimum atomic E-state index is 0.0186. The topological polar surface area (TPSA) is 40.5 Å². The van der Waals surface area contributed by atoms with E-state index in [2.05, 4.69) is 13.2 Å². The van der Waals surface area contributed by atoms with Crippen LogP contribution in [-0.4, -0.2) is 10.2 Å². The summed E-state index contributed by atoms with van der Waals surface area (Å²) in [5.41, 5.74) is 1.28. The smallest absolute Gasteiger partial charge is 0.115 e. The van der Waals surface area contributed by atoms with E-state index in [9.17, 15) is 0 Å². The van der Waals surface area contributed by atoms with Gasteiger partial charge in [0, 0.05) is 11.1 Å². The second-order valence-electron chi connectivity index (χ2n) is 2.47. The van der Waals surface area contributed by atoms with Gasteiger partial charge in [0.1, 0.15) is 11.5 Å². The fourth-order valence-corrected chi connectivity index (χ4v) is 0.855. The van der Waals surface area contributed by atoms with Crippen molar-refractivity contribution < 1.29 is 10.2 Å². The minimum Gasteiger partial charge on any atom is -0.508 e. The monoisotopic (exact) mass is 162 g/mol. The van der Waals surface area contributed by atoms with Crippen molar-refractivity contribution in [2.75, 3.05) is 0 Å². The molecular formula is C10H10O2. The van der Waals surface area contributed by atoms with Crippen LogP contribution >= 0.6 is 0 Å². The Morgan fingerprint density at radius 2 is 1.08 bits per heavy atom. The summed E-state index contributed by atoms with van der Waals surface area (Å²) in [7, 11) is 0. The van der Waals surface area contributed by atoms with Crippen molar-refractivity contribution in [2.45, 2.75) is 0 Å². The summed E-state index contributed by atoms with van der Waals surface area (Å²) >= 11 is 0. The molecule has 0 radical (unpaired) electrons. The molecule has 0 aromatic heterocycles. The molecule has 0 bridgehead atoms. The highest BCUT2D eigenvalue weighted by Crippen LogP contribution is 2.14. The normalized spacial score (nSPS) is 9.33. The van der Waals surface area contributed by atoms with Crippen molar-refractivity contribution in [3.8, 4) is 0 Å². The summed E-state index contributed by atoms with van der Waals surface area (Å²) < 4.78 is 0. The highest BCUT2D eigenvalue weighted by Gasteiger charge is 1.97. The zero-order valence-electron chi connectivity index (χ0n) is 6.62. The lowest BCUT2D eigenvalue weighted by atomic mass is 10.1. The standard InChI is InChI=1S/C10H10O2/c1-7(11)9-3-5-10(6-4-9)8(2)12/h3-6,11-12H,1-2H2. The van der Waals surface area contributed by atoms with E-state index in [0.717, 1.165) is 0 Å². The Morgan fingerprint density at radius 3 is 1.25 bits per heavy atom. The maximum atomic E-state index is 8.97. The maximum absolute atomic E-state index is 8.97. The van der Waals surface area contributed by atoms with Crippen LogP contribution in [0.1, 0.15) is 11.1 Å². The Labute approximate surface area is 71.1 Å². The highest BCUT2D eigenvalue weighted by atomic mass is 16.3. The van der Waals surface area contributed by atoms with E-state index in [1.54, 1.807) is 24.3 Å². The molecule has 62 valence electrons. The Kier molecular flexibility index (Phi) is 2.19. The van der Waals surface area contributed by atoms with Crippen molar-refractivity contribution >= 4 is 11.5 Å². The van der Waals surface area contributed by atoms with E-state index in [1.807, 2.05) is 0 Å².